The minimum absolute atomic E-state index is 0.0223. The molecular weight excluding hydrogens is 493 g/mol. The smallest absolute Gasteiger partial charge is 0.412 e. The number of carbonyl (C=O) groups excluding carboxylic acids is 2. The summed E-state index contributed by atoms with van der Waals surface area (Å²) in [6.45, 7) is 3.65. The number of halogens is 1. The van der Waals surface area contributed by atoms with Crippen molar-refractivity contribution in [2.45, 2.75) is 51.4 Å². The number of hydrogen-bond acceptors (Lipinski definition) is 8. The standard InChI is InChI=1S/C25H36FNO8S/c1-3-33-23(28)15-27(24(29)34-4-2)18-32-12-5-13-36(30,31)17-25(10-11-25)20-8-9-21(26)22(14-20)35-16-19-6-7-19/h8-9,14,19H,3-7,10-13,15-18H2,1-2H3. The van der Waals surface area contributed by atoms with Gasteiger partial charge in [-0.05, 0) is 69.6 Å². The van der Waals surface area contributed by atoms with E-state index in [2.05, 4.69) is 0 Å². The Labute approximate surface area is 212 Å². The molecule has 0 bridgehead atoms. The Kier molecular flexibility index (Phi) is 9.95. The molecule has 0 spiro atoms. The maximum absolute atomic E-state index is 14.2. The second-order valence-corrected chi connectivity index (χ2v) is 11.5. The number of sulfone groups is 1. The predicted octanol–water partition coefficient (Wildman–Crippen LogP) is 3.45. The van der Waals surface area contributed by atoms with Gasteiger partial charge >= 0.3 is 12.1 Å². The van der Waals surface area contributed by atoms with Gasteiger partial charge in [-0.1, -0.05) is 6.07 Å². The zero-order valence-corrected chi connectivity index (χ0v) is 21.8. The Hall–Kier alpha value is -2.40. The molecule has 11 heteroatoms. The number of nitrogens with zero attached hydrogens (tertiary/aromatic N) is 1. The largest absolute Gasteiger partial charge is 0.490 e. The molecule has 0 N–H and O–H groups in total. The van der Waals surface area contributed by atoms with Crippen molar-refractivity contribution in [3.63, 3.8) is 0 Å². The average Bonchev–Trinajstić information content (AvgIpc) is 3.75. The van der Waals surface area contributed by atoms with Crippen LogP contribution in [-0.4, -0.2) is 76.6 Å². The molecule has 2 fully saturated rings. The number of amides is 1. The summed E-state index contributed by atoms with van der Waals surface area (Å²) in [7, 11) is -3.41. The van der Waals surface area contributed by atoms with Crippen molar-refractivity contribution in [3.05, 3.63) is 29.6 Å². The van der Waals surface area contributed by atoms with Crippen molar-refractivity contribution >= 4 is 21.9 Å². The van der Waals surface area contributed by atoms with E-state index < -0.39 is 33.1 Å². The molecule has 0 aliphatic heterocycles. The van der Waals surface area contributed by atoms with Crippen LogP contribution in [0.2, 0.25) is 0 Å². The molecule has 1 aromatic carbocycles. The van der Waals surface area contributed by atoms with Crippen LogP contribution in [-0.2, 0) is 34.3 Å². The molecule has 0 saturated heterocycles. The Morgan fingerprint density at radius 2 is 1.86 bits per heavy atom. The Bertz CT molecular complexity index is 1010. The first-order valence-electron chi connectivity index (χ1n) is 12.5. The third-order valence-corrected chi connectivity index (χ3v) is 8.11. The molecule has 1 aromatic rings. The van der Waals surface area contributed by atoms with E-state index in [1.807, 2.05) is 0 Å². The van der Waals surface area contributed by atoms with Gasteiger partial charge in [0.25, 0.3) is 0 Å². The Morgan fingerprint density at radius 1 is 1.14 bits per heavy atom. The summed E-state index contributed by atoms with van der Waals surface area (Å²) >= 11 is 0. The maximum atomic E-state index is 14.2. The number of benzene rings is 1. The molecule has 0 aromatic heterocycles. The van der Waals surface area contributed by atoms with E-state index in [9.17, 15) is 22.4 Å². The highest BCUT2D eigenvalue weighted by Gasteiger charge is 2.47. The molecule has 0 unspecified atom stereocenters. The van der Waals surface area contributed by atoms with Gasteiger partial charge in [0.1, 0.15) is 13.3 Å². The Balaban J connectivity index is 1.47. The summed E-state index contributed by atoms with van der Waals surface area (Å²) in [6.07, 6.45) is 3.15. The SMILES string of the molecule is CCOC(=O)CN(COCCCS(=O)(=O)CC1(c2ccc(F)c(OCC3CC3)c2)CC1)C(=O)OCC. The fourth-order valence-electron chi connectivity index (χ4n) is 3.89. The zero-order chi connectivity index (χ0) is 26.2. The van der Waals surface area contributed by atoms with Crippen molar-refractivity contribution < 1.29 is 41.3 Å². The van der Waals surface area contributed by atoms with Crippen LogP contribution in [0.15, 0.2) is 18.2 Å². The highest BCUT2D eigenvalue weighted by molar-refractivity contribution is 7.91. The van der Waals surface area contributed by atoms with Crippen LogP contribution in [0.5, 0.6) is 5.75 Å². The van der Waals surface area contributed by atoms with Crippen molar-refractivity contribution in [2.24, 2.45) is 5.92 Å². The Morgan fingerprint density at radius 3 is 2.50 bits per heavy atom. The van der Waals surface area contributed by atoms with E-state index in [0.717, 1.165) is 36.1 Å². The minimum Gasteiger partial charge on any atom is -0.490 e. The second kappa shape index (κ2) is 12.7. The molecule has 0 heterocycles. The maximum Gasteiger partial charge on any atom is 0.412 e. The normalized spacial score (nSPS) is 16.3. The van der Waals surface area contributed by atoms with Gasteiger partial charge in [-0.2, -0.15) is 0 Å². The van der Waals surface area contributed by atoms with E-state index in [-0.39, 0.29) is 56.8 Å². The topological polar surface area (TPSA) is 108 Å². The lowest BCUT2D eigenvalue weighted by Crippen LogP contribution is -2.38. The summed E-state index contributed by atoms with van der Waals surface area (Å²) in [5.41, 5.74) is 0.282. The third kappa shape index (κ3) is 8.62. The van der Waals surface area contributed by atoms with Gasteiger partial charge in [0.2, 0.25) is 0 Å². The lowest BCUT2D eigenvalue weighted by molar-refractivity contribution is -0.145. The monoisotopic (exact) mass is 529 g/mol. The van der Waals surface area contributed by atoms with Gasteiger partial charge < -0.3 is 18.9 Å². The highest BCUT2D eigenvalue weighted by atomic mass is 32.2. The molecule has 2 saturated carbocycles. The first-order chi connectivity index (χ1) is 17.2. The van der Waals surface area contributed by atoms with Crippen molar-refractivity contribution in [2.75, 3.05) is 51.2 Å². The lowest BCUT2D eigenvalue weighted by Gasteiger charge is -2.21. The number of ether oxygens (including phenoxy) is 4. The van der Waals surface area contributed by atoms with Gasteiger partial charge in [-0.25, -0.2) is 17.6 Å². The molecule has 202 valence electrons. The van der Waals surface area contributed by atoms with Crippen molar-refractivity contribution in [3.8, 4) is 5.75 Å². The van der Waals surface area contributed by atoms with Crippen LogP contribution < -0.4 is 4.74 Å². The summed E-state index contributed by atoms with van der Waals surface area (Å²) in [6, 6.07) is 4.65. The molecule has 1 amide bonds. The van der Waals surface area contributed by atoms with E-state index in [4.69, 9.17) is 18.9 Å². The lowest BCUT2D eigenvalue weighted by atomic mass is 9.98. The summed E-state index contributed by atoms with van der Waals surface area (Å²) < 4.78 is 60.7. The average molecular weight is 530 g/mol. The van der Waals surface area contributed by atoms with Crippen LogP contribution >= 0.6 is 0 Å². The molecule has 0 radical (unpaired) electrons. The number of hydrogen-bond donors (Lipinski definition) is 0. The number of carbonyl (C=O) groups is 2. The molecule has 36 heavy (non-hydrogen) atoms. The van der Waals surface area contributed by atoms with Crippen LogP contribution in [0, 0.1) is 11.7 Å². The molecule has 2 aliphatic carbocycles. The summed E-state index contributed by atoms with van der Waals surface area (Å²) in [5, 5.41) is 0. The molecule has 3 rings (SSSR count). The fraction of sp³-hybridized carbons (Fsp3) is 0.680. The third-order valence-electron chi connectivity index (χ3n) is 6.21. The predicted molar refractivity (Wildman–Crippen MR) is 130 cm³/mol. The minimum atomic E-state index is -3.41. The van der Waals surface area contributed by atoms with E-state index >= 15 is 0 Å². The van der Waals surface area contributed by atoms with Gasteiger partial charge in [0, 0.05) is 12.0 Å². The second-order valence-electron chi connectivity index (χ2n) is 9.36. The first-order valence-corrected chi connectivity index (χ1v) is 14.3. The summed E-state index contributed by atoms with van der Waals surface area (Å²) in [5.74, 6) is -0.460. The van der Waals surface area contributed by atoms with E-state index in [1.54, 1.807) is 26.0 Å². The molecule has 2 aliphatic rings. The van der Waals surface area contributed by atoms with Crippen LogP contribution in [0.3, 0.4) is 0 Å². The fourth-order valence-corrected chi connectivity index (χ4v) is 5.89. The number of rotatable bonds is 16. The van der Waals surface area contributed by atoms with Crippen LogP contribution in [0.25, 0.3) is 0 Å². The first kappa shape index (κ1) is 28.2. The molecular formula is C25H36FNO8S. The van der Waals surface area contributed by atoms with E-state index in [1.165, 1.54) is 6.07 Å². The van der Waals surface area contributed by atoms with Gasteiger partial charge in [-0.15, -0.1) is 0 Å². The van der Waals surface area contributed by atoms with Gasteiger partial charge in [0.05, 0.1) is 31.3 Å². The molecule has 9 nitrogen and oxygen atoms in total. The van der Waals surface area contributed by atoms with Crippen LogP contribution in [0.4, 0.5) is 9.18 Å². The van der Waals surface area contributed by atoms with Gasteiger partial charge in [-0.3, -0.25) is 9.69 Å². The highest BCUT2D eigenvalue weighted by Crippen LogP contribution is 2.50. The van der Waals surface area contributed by atoms with Crippen molar-refractivity contribution in [1.29, 1.82) is 0 Å². The van der Waals surface area contributed by atoms with Gasteiger partial charge in [0.15, 0.2) is 21.4 Å². The molecule has 0 atom stereocenters. The quantitative estimate of drug-likeness (QED) is 0.182. The van der Waals surface area contributed by atoms with E-state index in [0.29, 0.717) is 12.5 Å². The van der Waals surface area contributed by atoms with Crippen molar-refractivity contribution in [1.82, 2.24) is 4.90 Å². The van der Waals surface area contributed by atoms with Crippen LogP contribution in [0.1, 0.15) is 51.5 Å². The summed E-state index contributed by atoms with van der Waals surface area (Å²) in [4.78, 5) is 24.8. The zero-order valence-electron chi connectivity index (χ0n) is 21.0. The number of esters is 1.